The van der Waals surface area contributed by atoms with Crippen LogP contribution in [0.1, 0.15) is 32.1 Å². The second-order valence-corrected chi connectivity index (χ2v) is 6.04. The first kappa shape index (κ1) is 17.0. The highest BCUT2D eigenvalue weighted by Gasteiger charge is 2.41. The van der Waals surface area contributed by atoms with Crippen molar-refractivity contribution in [2.24, 2.45) is 0 Å². The average Bonchev–Trinajstić information content (AvgIpc) is 2.59. The Labute approximate surface area is 131 Å². The molecule has 1 atom stereocenters. The Kier molecular flexibility index (Phi) is 5.97. The van der Waals surface area contributed by atoms with E-state index < -0.39 is 6.10 Å². The van der Waals surface area contributed by atoms with Gasteiger partial charge in [0.2, 0.25) is 5.91 Å². The van der Waals surface area contributed by atoms with Crippen LogP contribution in [0.25, 0.3) is 0 Å². The lowest BCUT2D eigenvalue weighted by atomic mass is 9.80. The molecular weight excluding hydrogens is 284 g/mol. The molecule has 1 saturated heterocycles. The van der Waals surface area contributed by atoms with Gasteiger partial charge in [-0.2, -0.15) is 0 Å². The van der Waals surface area contributed by atoms with Gasteiger partial charge in [-0.25, -0.2) is 0 Å². The smallest absolute Gasteiger partial charge is 0.254 e. The van der Waals surface area contributed by atoms with E-state index in [0.717, 1.165) is 25.7 Å². The molecule has 6 heteroatoms. The molecule has 124 valence electrons. The Balaban J connectivity index is 2.07. The summed E-state index contributed by atoms with van der Waals surface area (Å²) in [5.74, 6) is -0.266. The quantitative estimate of drug-likeness (QED) is 0.765. The van der Waals surface area contributed by atoms with Crippen molar-refractivity contribution in [3.63, 3.8) is 0 Å². The molecule has 0 aromatic heterocycles. The van der Waals surface area contributed by atoms with Crippen LogP contribution in [-0.4, -0.2) is 61.8 Å². The van der Waals surface area contributed by atoms with E-state index >= 15 is 0 Å². The van der Waals surface area contributed by atoms with Gasteiger partial charge in [0.1, 0.15) is 0 Å². The van der Waals surface area contributed by atoms with Crippen molar-refractivity contribution in [3.05, 3.63) is 12.7 Å². The molecule has 0 spiro atoms. The second-order valence-electron chi connectivity index (χ2n) is 6.04. The van der Waals surface area contributed by atoms with E-state index in [1.165, 1.54) is 12.5 Å². The van der Waals surface area contributed by atoms with E-state index in [1.54, 1.807) is 4.90 Å². The van der Waals surface area contributed by atoms with E-state index in [2.05, 4.69) is 11.9 Å². The number of hydrogen-bond acceptors (Lipinski definition) is 4. The Hall–Kier alpha value is -1.40. The standard InChI is InChI=1S/C16H26N2O4/c1-3-14(19)17-12-16(7-5-4-6-8-16)18(2)15(20)13-11-21-9-10-22-13/h3,13H,1,4-12H2,2H3,(H,17,19)/t13-/m0/s1. The first-order valence-electron chi connectivity index (χ1n) is 7.96. The van der Waals surface area contributed by atoms with Crippen LogP contribution in [0.5, 0.6) is 0 Å². The van der Waals surface area contributed by atoms with Gasteiger partial charge in [0, 0.05) is 13.6 Å². The monoisotopic (exact) mass is 310 g/mol. The van der Waals surface area contributed by atoms with Crippen molar-refractivity contribution in [1.82, 2.24) is 10.2 Å². The average molecular weight is 310 g/mol. The highest BCUT2D eigenvalue weighted by Crippen LogP contribution is 2.33. The summed E-state index contributed by atoms with van der Waals surface area (Å²) in [5.41, 5.74) is -0.338. The molecule has 1 N–H and O–H groups in total. The van der Waals surface area contributed by atoms with Crippen LogP contribution in [-0.2, 0) is 19.1 Å². The third-order valence-electron chi connectivity index (χ3n) is 4.69. The van der Waals surface area contributed by atoms with Crippen molar-refractivity contribution in [2.45, 2.75) is 43.7 Å². The normalized spacial score (nSPS) is 24.3. The molecule has 1 saturated carbocycles. The van der Waals surface area contributed by atoms with E-state index in [-0.39, 0.29) is 17.4 Å². The lowest BCUT2D eigenvalue weighted by Gasteiger charge is -2.46. The van der Waals surface area contributed by atoms with E-state index in [4.69, 9.17) is 9.47 Å². The number of rotatable bonds is 5. The maximum Gasteiger partial charge on any atom is 0.254 e. The molecule has 2 amide bonds. The topological polar surface area (TPSA) is 67.9 Å². The number of likely N-dealkylation sites (N-methyl/N-ethyl adjacent to an activating group) is 1. The zero-order valence-electron chi connectivity index (χ0n) is 13.3. The van der Waals surface area contributed by atoms with Gasteiger partial charge < -0.3 is 19.7 Å². The summed E-state index contributed by atoms with van der Waals surface area (Å²) < 4.78 is 10.9. The van der Waals surface area contributed by atoms with Gasteiger partial charge in [0.15, 0.2) is 6.10 Å². The second kappa shape index (κ2) is 7.74. The predicted molar refractivity (Wildman–Crippen MR) is 82.4 cm³/mol. The number of amides is 2. The molecule has 0 unspecified atom stereocenters. The number of carbonyl (C=O) groups excluding carboxylic acids is 2. The fourth-order valence-electron chi connectivity index (χ4n) is 3.24. The molecule has 1 heterocycles. The third-order valence-corrected chi connectivity index (χ3v) is 4.69. The van der Waals surface area contributed by atoms with Crippen molar-refractivity contribution in [3.8, 4) is 0 Å². The Bertz CT molecular complexity index is 412. The van der Waals surface area contributed by atoms with E-state index in [0.29, 0.717) is 26.4 Å². The Morgan fingerprint density at radius 3 is 2.64 bits per heavy atom. The highest BCUT2D eigenvalue weighted by atomic mass is 16.6. The summed E-state index contributed by atoms with van der Waals surface area (Å²) in [6, 6.07) is 0. The molecule has 2 rings (SSSR count). The maximum atomic E-state index is 12.7. The van der Waals surface area contributed by atoms with Crippen LogP contribution in [0.2, 0.25) is 0 Å². The van der Waals surface area contributed by atoms with Gasteiger partial charge in [-0.1, -0.05) is 25.8 Å². The van der Waals surface area contributed by atoms with Crippen LogP contribution in [0.15, 0.2) is 12.7 Å². The van der Waals surface area contributed by atoms with Crippen molar-refractivity contribution < 1.29 is 19.1 Å². The SMILES string of the molecule is C=CC(=O)NCC1(N(C)C(=O)[C@@H]2COCCO2)CCCCC1. The van der Waals surface area contributed by atoms with Crippen molar-refractivity contribution in [2.75, 3.05) is 33.4 Å². The number of nitrogens with zero attached hydrogens (tertiary/aromatic N) is 1. The summed E-state index contributed by atoms with van der Waals surface area (Å²) in [6.07, 6.45) is 5.79. The van der Waals surface area contributed by atoms with Gasteiger partial charge in [-0.3, -0.25) is 9.59 Å². The summed E-state index contributed by atoms with van der Waals surface area (Å²) in [6.45, 7) is 5.21. The van der Waals surface area contributed by atoms with Crippen LogP contribution in [0, 0.1) is 0 Å². The van der Waals surface area contributed by atoms with Gasteiger partial charge >= 0.3 is 0 Å². The third kappa shape index (κ3) is 3.87. The van der Waals surface area contributed by atoms with E-state index in [9.17, 15) is 9.59 Å². The lowest BCUT2D eigenvalue weighted by Crippen LogP contribution is -2.60. The van der Waals surface area contributed by atoms with Gasteiger partial charge in [-0.05, 0) is 18.9 Å². The van der Waals surface area contributed by atoms with Crippen LogP contribution < -0.4 is 5.32 Å². The van der Waals surface area contributed by atoms with E-state index in [1.807, 2.05) is 7.05 Å². The molecule has 0 radical (unpaired) electrons. The minimum atomic E-state index is -0.535. The molecule has 1 aliphatic carbocycles. The zero-order chi connectivity index (χ0) is 16.0. The summed E-state index contributed by atoms with van der Waals surface area (Å²) >= 11 is 0. The van der Waals surface area contributed by atoms with Crippen LogP contribution in [0.4, 0.5) is 0 Å². The first-order chi connectivity index (χ1) is 10.6. The van der Waals surface area contributed by atoms with Crippen LogP contribution >= 0.6 is 0 Å². The fourth-order valence-corrected chi connectivity index (χ4v) is 3.24. The summed E-state index contributed by atoms with van der Waals surface area (Å²) in [7, 11) is 1.81. The molecule has 6 nitrogen and oxygen atoms in total. The lowest BCUT2D eigenvalue weighted by molar-refractivity contribution is -0.163. The minimum Gasteiger partial charge on any atom is -0.376 e. The predicted octanol–water partition coefficient (Wildman–Crippen LogP) is 0.865. The fraction of sp³-hybridized carbons (Fsp3) is 0.750. The van der Waals surface area contributed by atoms with Crippen LogP contribution in [0.3, 0.4) is 0 Å². The first-order valence-corrected chi connectivity index (χ1v) is 7.96. The molecule has 1 aliphatic heterocycles. The molecule has 22 heavy (non-hydrogen) atoms. The molecule has 2 fully saturated rings. The molecular formula is C16H26N2O4. The van der Waals surface area contributed by atoms with Crippen molar-refractivity contribution in [1.29, 1.82) is 0 Å². The number of hydrogen-bond donors (Lipinski definition) is 1. The van der Waals surface area contributed by atoms with Gasteiger partial charge in [0.25, 0.3) is 5.91 Å². The largest absolute Gasteiger partial charge is 0.376 e. The Morgan fingerprint density at radius 1 is 1.32 bits per heavy atom. The molecule has 0 aromatic carbocycles. The molecule has 0 bridgehead atoms. The van der Waals surface area contributed by atoms with Crippen molar-refractivity contribution >= 4 is 11.8 Å². The number of carbonyl (C=O) groups is 2. The Morgan fingerprint density at radius 2 is 2.05 bits per heavy atom. The minimum absolute atomic E-state index is 0.0607. The summed E-state index contributed by atoms with van der Waals surface area (Å²) in [4.78, 5) is 26.0. The maximum absolute atomic E-state index is 12.7. The highest BCUT2D eigenvalue weighted by molar-refractivity contribution is 5.87. The zero-order valence-corrected chi connectivity index (χ0v) is 13.3. The molecule has 0 aromatic rings. The molecule has 2 aliphatic rings. The number of nitrogens with one attached hydrogen (secondary N) is 1. The number of ether oxygens (including phenoxy) is 2. The van der Waals surface area contributed by atoms with Gasteiger partial charge in [-0.15, -0.1) is 0 Å². The van der Waals surface area contributed by atoms with Gasteiger partial charge in [0.05, 0.1) is 25.4 Å². The summed E-state index contributed by atoms with van der Waals surface area (Å²) in [5, 5.41) is 2.86.